The van der Waals surface area contributed by atoms with Gasteiger partial charge in [-0.3, -0.25) is 15.0 Å². The molecular formula is C16H15ClN2O5S. The Balaban J connectivity index is 1.89. The number of Topliss-reactive ketones (excluding diaryl/α,β-unsaturated/α-hetero) is 1. The molecule has 2 aromatic rings. The van der Waals surface area contributed by atoms with E-state index in [-0.39, 0.29) is 17.3 Å². The van der Waals surface area contributed by atoms with Crippen LogP contribution in [0.1, 0.15) is 17.3 Å². The van der Waals surface area contributed by atoms with Crippen LogP contribution in [0, 0.1) is 0 Å². The lowest BCUT2D eigenvalue weighted by Gasteiger charge is -2.10. The third-order valence-corrected chi connectivity index (χ3v) is 4.60. The first-order chi connectivity index (χ1) is 11.8. The van der Waals surface area contributed by atoms with E-state index >= 15 is 0 Å². The average Bonchev–Trinajstić information content (AvgIpc) is 2.59. The molecule has 0 aromatic heterocycles. The molecule has 9 heteroatoms. The summed E-state index contributed by atoms with van der Waals surface area (Å²) in [7, 11) is -3.95. The molecule has 2 rings (SSSR count). The van der Waals surface area contributed by atoms with Gasteiger partial charge in [0.15, 0.2) is 12.4 Å². The Hall–Kier alpha value is -2.42. The molecule has 0 saturated carbocycles. The molecule has 0 bridgehead atoms. The Bertz CT molecular complexity index is 864. The maximum absolute atomic E-state index is 12.1. The van der Waals surface area contributed by atoms with Gasteiger partial charge in [0.1, 0.15) is 5.75 Å². The van der Waals surface area contributed by atoms with Gasteiger partial charge in [-0.1, -0.05) is 23.7 Å². The molecule has 7 nitrogen and oxygen atoms in total. The van der Waals surface area contributed by atoms with Crippen molar-refractivity contribution in [3.8, 4) is 5.75 Å². The largest absolute Gasteiger partial charge is 0.484 e. The van der Waals surface area contributed by atoms with E-state index in [0.29, 0.717) is 16.3 Å². The van der Waals surface area contributed by atoms with Crippen LogP contribution in [0.15, 0.2) is 53.4 Å². The second-order valence-electron chi connectivity index (χ2n) is 4.98. The SMILES string of the molecule is CC(=O)c1ccc(S(=O)(=O)NNC(=O)COc2ccc(Cl)cc2)cc1. The predicted octanol–water partition coefficient (Wildman–Crippen LogP) is 1.93. The van der Waals surface area contributed by atoms with Gasteiger partial charge in [-0.15, -0.1) is 4.83 Å². The average molecular weight is 383 g/mol. The number of amides is 1. The molecule has 0 unspecified atom stereocenters. The van der Waals surface area contributed by atoms with Gasteiger partial charge >= 0.3 is 0 Å². The van der Waals surface area contributed by atoms with Crippen molar-refractivity contribution >= 4 is 33.3 Å². The van der Waals surface area contributed by atoms with E-state index in [0.717, 1.165) is 0 Å². The number of carbonyl (C=O) groups is 2. The quantitative estimate of drug-likeness (QED) is 0.562. The summed E-state index contributed by atoms with van der Waals surface area (Å²) >= 11 is 5.73. The minimum atomic E-state index is -3.95. The van der Waals surface area contributed by atoms with E-state index in [1.165, 1.54) is 31.2 Å². The number of halogens is 1. The summed E-state index contributed by atoms with van der Waals surface area (Å²) in [5.74, 6) is -0.439. The molecule has 0 aliphatic rings. The third-order valence-electron chi connectivity index (χ3n) is 3.08. The predicted molar refractivity (Wildman–Crippen MR) is 91.9 cm³/mol. The molecule has 1 amide bonds. The van der Waals surface area contributed by atoms with Crippen molar-refractivity contribution in [1.29, 1.82) is 0 Å². The van der Waals surface area contributed by atoms with Crippen LogP contribution in [0.25, 0.3) is 0 Å². The number of sulfonamides is 1. The van der Waals surface area contributed by atoms with Gasteiger partial charge < -0.3 is 4.74 Å². The number of rotatable bonds is 7. The standard InChI is InChI=1S/C16H15ClN2O5S/c1-11(20)12-2-8-15(9-3-12)25(22,23)19-18-16(21)10-24-14-6-4-13(17)5-7-14/h2-9,19H,10H2,1H3,(H,18,21). The van der Waals surface area contributed by atoms with Gasteiger partial charge in [-0.25, -0.2) is 8.42 Å². The molecular weight excluding hydrogens is 368 g/mol. The number of hydrazine groups is 1. The fraction of sp³-hybridized carbons (Fsp3) is 0.125. The smallest absolute Gasteiger partial charge is 0.272 e. The monoisotopic (exact) mass is 382 g/mol. The van der Waals surface area contributed by atoms with Crippen LogP contribution < -0.4 is 15.0 Å². The van der Waals surface area contributed by atoms with Gasteiger partial charge in [0.25, 0.3) is 15.9 Å². The maximum atomic E-state index is 12.1. The van der Waals surface area contributed by atoms with Crippen LogP contribution in [0.3, 0.4) is 0 Å². The highest BCUT2D eigenvalue weighted by atomic mass is 35.5. The number of hydrogen-bond donors (Lipinski definition) is 2. The lowest BCUT2D eigenvalue weighted by Crippen LogP contribution is -2.43. The number of carbonyl (C=O) groups excluding carboxylic acids is 2. The summed E-state index contributed by atoms with van der Waals surface area (Å²) in [4.78, 5) is 24.7. The first-order valence-electron chi connectivity index (χ1n) is 7.08. The zero-order valence-electron chi connectivity index (χ0n) is 13.2. The summed E-state index contributed by atoms with van der Waals surface area (Å²) in [5, 5.41) is 0.528. The number of nitrogens with one attached hydrogen (secondary N) is 2. The van der Waals surface area contributed by atoms with Crippen LogP contribution in [-0.2, 0) is 14.8 Å². The number of benzene rings is 2. The first-order valence-corrected chi connectivity index (χ1v) is 8.94. The molecule has 0 spiro atoms. The fourth-order valence-electron chi connectivity index (χ4n) is 1.77. The molecule has 0 atom stereocenters. The molecule has 0 fully saturated rings. The molecule has 0 aliphatic carbocycles. The Morgan fingerprint density at radius 3 is 2.20 bits per heavy atom. The van der Waals surface area contributed by atoms with Crippen LogP contribution >= 0.6 is 11.6 Å². The van der Waals surface area contributed by atoms with Crippen molar-refractivity contribution < 1.29 is 22.7 Å². The van der Waals surface area contributed by atoms with E-state index < -0.39 is 15.9 Å². The normalized spacial score (nSPS) is 11.0. The highest BCUT2D eigenvalue weighted by molar-refractivity contribution is 7.89. The number of hydrogen-bond acceptors (Lipinski definition) is 5. The summed E-state index contributed by atoms with van der Waals surface area (Å²) in [6.07, 6.45) is 0. The third kappa shape index (κ3) is 5.56. The lowest BCUT2D eigenvalue weighted by molar-refractivity contribution is -0.123. The minimum absolute atomic E-state index is 0.0866. The molecule has 2 N–H and O–H groups in total. The zero-order valence-corrected chi connectivity index (χ0v) is 14.7. The molecule has 25 heavy (non-hydrogen) atoms. The van der Waals surface area contributed by atoms with Gasteiger partial charge in [-0.2, -0.15) is 0 Å². The molecule has 0 heterocycles. The van der Waals surface area contributed by atoms with E-state index in [2.05, 4.69) is 0 Å². The second kappa shape index (κ2) is 8.11. The summed E-state index contributed by atoms with van der Waals surface area (Å²) in [6, 6.07) is 11.7. The molecule has 0 radical (unpaired) electrons. The summed E-state index contributed by atoms with van der Waals surface area (Å²) in [5.41, 5.74) is 2.43. The van der Waals surface area contributed by atoms with Gasteiger partial charge in [0.05, 0.1) is 4.90 Å². The summed E-state index contributed by atoms with van der Waals surface area (Å²) in [6.45, 7) is 0.996. The Morgan fingerprint density at radius 2 is 1.64 bits per heavy atom. The molecule has 2 aromatic carbocycles. The first kappa shape index (κ1) is 18.9. The van der Waals surface area contributed by atoms with Crippen molar-refractivity contribution in [3.05, 3.63) is 59.1 Å². The Labute approximate surface area is 150 Å². The van der Waals surface area contributed by atoms with E-state index in [9.17, 15) is 18.0 Å². The van der Waals surface area contributed by atoms with Crippen LogP contribution in [0.2, 0.25) is 5.02 Å². The minimum Gasteiger partial charge on any atom is -0.484 e. The lowest BCUT2D eigenvalue weighted by atomic mass is 10.2. The molecule has 0 saturated heterocycles. The maximum Gasteiger partial charge on any atom is 0.272 e. The zero-order chi connectivity index (χ0) is 18.4. The number of ketones is 1. The summed E-state index contributed by atoms with van der Waals surface area (Å²) < 4.78 is 29.3. The topological polar surface area (TPSA) is 102 Å². The van der Waals surface area contributed by atoms with Gasteiger partial charge in [0, 0.05) is 10.6 Å². The van der Waals surface area contributed by atoms with Crippen molar-refractivity contribution in [3.63, 3.8) is 0 Å². The second-order valence-corrected chi connectivity index (χ2v) is 7.10. The van der Waals surface area contributed by atoms with E-state index in [1.54, 1.807) is 24.3 Å². The van der Waals surface area contributed by atoms with Crippen LogP contribution in [-0.4, -0.2) is 26.7 Å². The van der Waals surface area contributed by atoms with Gasteiger partial charge in [0.2, 0.25) is 0 Å². The number of ether oxygens (including phenoxy) is 1. The van der Waals surface area contributed by atoms with Crippen molar-refractivity contribution in [2.45, 2.75) is 11.8 Å². The molecule has 132 valence electrons. The van der Waals surface area contributed by atoms with Crippen molar-refractivity contribution in [1.82, 2.24) is 10.3 Å². The highest BCUT2D eigenvalue weighted by Crippen LogP contribution is 2.15. The van der Waals surface area contributed by atoms with Crippen LogP contribution in [0.4, 0.5) is 0 Å². The van der Waals surface area contributed by atoms with Gasteiger partial charge in [-0.05, 0) is 43.3 Å². The van der Waals surface area contributed by atoms with E-state index in [4.69, 9.17) is 16.3 Å². The highest BCUT2D eigenvalue weighted by Gasteiger charge is 2.15. The Kier molecular flexibility index (Phi) is 6.13. The fourth-order valence-corrected chi connectivity index (χ4v) is 2.75. The molecule has 0 aliphatic heterocycles. The van der Waals surface area contributed by atoms with Crippen molar-refractivity contribution in [2.75, 3.05) is 6.61 Å². The van der Waals surface area contributed by atoms with Crippen molar-refractivity contribution in [2.24, 2.45) is 0 Å². The van der Waals surface area contributed by atoms with E-state index in [1.807, 2.05) is 10.3 Å². The Morgan fingerprint density at radius 1 is 1.04 bits per heavy atom. The van der Waals surface area contributed by atoms with Crippen LogP contribution in [0.5, 0.6) is 5.75 Å².